The van der Waals surface area contributed by atoms with Crippen molar-refractivity contribution in [3.8, 4) is 5.75 Å². The summed E-state index contributed by atoms with van der Waals surface area (Å²) >= 11 is 0. The molecule has 2 amide bonds. The van der Waals surface area contributed by atoms with Crippen molar-refractivity contribution in [2.75, 3.05) is 19.7 Å². The number of urea groups is 1. The molecule has 0 bridgehead atoms. The van der Waals surface area contributed by atoms with Crippen molar-refractivity contribution in [1.29, 1.82) is 0 Å². The van der Waals surface area contributed by atoms with E-state index in [1.54, 1.807) is 6.92 Å². The monoisotopic (exact) mass is 280 g/mol. The van der Waals surface area contributed by atoms with E-state index in [0.717, 1.165) is 5.75 Å². The number of ether oxygens (including phenoxy) is 1. The molecule has 6 heteroatoms. The van der Waals surface area contributed by atoms with Crippen LogP contribution in [0.15, 0.2) is 30.3 Å². The maximum absolute atomic E-state index is 11.4. The fourth-order valence-corrected chi connectivity index (χ4v) is 1.55. The van der Waals surface area contributed by atoms with E-state index in [2.05, 4.69) is 10.6 Å². The lowest BCUT2D eigenvalue weighted by Crippen LogP contribution is -2.39. The molecule has 0 spiro atoms. The van der Waals surface area contributed by atoms with Gasteiger partial charge in [0.05, 0.1) is 6.54 Å². The Hall–Kier alpha value is -2.24. The molecule has 0 heterocycles. The highest BCUT2D eigenvalue weighted by molar-refractivity contribution is 5.74. The highest BCUT2D eigenvalue weighted by atomic mass is 16.5. The predicted molar refractivity (Wildman–Crippen MR) is 74.8 cm³/mol. The fourth-order valence-electron chi connectivity index (χ4n) is 1.55. The average molecular weight is 280 g/mol. The Balaban J connectivity index is 2.07. The molecule has 3 N–H and O–H groups in total. The third-order valence-corrected chi connectivity index (χ3v) is 2.53. The zero-order valence-corrected chi connectivity index (χ0v) is 11.5. The number of carbonyl (C=O) groups is 2. The van der Waals surface area contributed by atoms with Crippen LogP contribution in [0, 0.1) is 5.92 Å². The summed E-state index contributed by atoms with van der Waals surface area (Å²) in [5, 5.41) is 13.8. The molecule has 110 valence electrons. The highest BCUT2D eigenvalue weighted by Crippen LogP contribution is 2.07. The van der Waals surface area contributed by atoms with E-state index in [9.17, 15) is 9.59 Å². The number of nitrogens with one attached hydrogen (secondary N) is 2. The van der Waals surface area contributed by atoms with E-state index in [1.807, 2.05) is 30.3 Å². The van der Waals surface area contributed by atoms with Crippen LogP contribution in [0.2, 0.25) is 0 Å². The van der Waals surface area contributed by atoms with Crippen LogP contribution in [-0.4, -0.2) is 36.8 Å². The summed E-state index contributed by atoms with van der Waals surface area (Å²) in [5.74, 6) is -0.209. The standard InChI is InChI=1S/C14H20N2O4/c1-11(9-13(17)18)10-16-14(19)15-7-8-20-12-5-3-2-4-6-12/h2-6,11H,7-10H2,1H3,(H,17,18)(H2,15,16,19). The maximum atomic E-state index is 11.4. The van der Waals surface area contributed by atoms with Gasteiger partial charge in [-0.2, -0.15) is 0 Å². The minimum Gasteiger partial charge on any atom is -0.492 e. The van der Waals surface area contributed by atoms with Crippen molar-refractivity contribution in [2.24, 2.45) is 5.92 Å². The van der Waals surface area contributed by atoms with Crippen LogP contribution in [0.4, 0.5) is 4.79 Å². The van der Waals surface area contributed by atoms with Gasteiger partial charge < -0.3 is 20.5 Å². The summed E-state index contributed by atoms with van der Waals surface area (Å²) in [6, 6.07) is 9.01. The fraction of sp³-hybridized carbons (Fsp3) is 0.429. The average Bonchev–Trinajstić information content (AvgIpc) is 2.42. The Morgan fingerprint density at radius 3 is 2.60 bits per heavy atom. The number of hydrogen-bond donors (Lipinski definition) is 3. The lowest BCUT2D eigenvalue weighted by Gasteiger charge is -2.11. The van der Waals surface area contributed by atoms with E-state index in [4.69, 9.17) is 9.84 Å². The Labute approximate surface area is 118 Å². The first-order valence-electron chi connectivity index (χ1n) is 6.49. The van der Waals surface area contributed by atoms with E-state index < -0.39 is 5.97 Å². The van der Waals surface area contributed by atoms with Gasteiger partial charge in [0, 0.05) is 13.0 Å². The molecular formula is C14H20N2O4. The van der Waals surface area contributed by atoms with Crippen molar-refractivity contribution in [3.05, 3.63) is 30.3 Å². The second kappa shape index (κ2) is 8.79. The van der Waals surface area contributed by atoms with Crippen molar-refractivity contribution in [2.45, 2.75) is 13.3 Å². The van der Waals surface area contributed by atoms with Gasteiger partial charge in [0.1, 0.15) is 12.4 Å². The van der Waals surface area contributed by atoms with Gasteiger partial charge in [0.2, 0.25) is 0 Å². The van der Waals surface area contributed by atoms with Crippen LogP contribution in [0.3, 0.4) is 0 Å². The molecular weight excluding hydrogens is 260 g/mol. The largest absolute Gasteiger partial charge is 0.492 e. The number of amides is 2. The number of hydrogen-bond acceptors (Lipinski definition) is 3. The Kier molecular flexibility index (Phi) is 6.95. The molecule has 1 rings (SSSR count). The third kappa shape index (κ3) is 7.25. The normalized spacial score (nSPS) is 11.4. The van der Waals surface area contributed by atoms with Crippen molar-refractivity contribution in [1.82, 2.24) is 10.6 Å². The van der Waals surface area contributed by atoms with Crippen LogP contribution in [-0.2, 0) is 4.79 Å². The van der Waals surface area contributed by atoms with Crippen molar-refractivity contribution < 1.29 is 19.4 Å². The quantitative estimate of drug-likeness (QED) is 0.629. The summed E-state index contributed by atoms with van der Waals surface area (Å²) in [6.45, 7) is 2.86. The Bertz CT molecular complexity index is 422. The van der Waals surface area contributed by atoms with Gasteiger partial charge in [-0.05, 0) is 18.1 Å². The minimum absolute atomic E-state index is 0.0391. The third-order valence-electron chi connectivity index (χ3n) is 2.53. The summed E-state index contributed by atoms with van der Waals surface area (Å²) < 4.78 is 5.41. The van der Waals surface area contributed by atoms with Gasteiger partial charge in [0.15, 0.2) is 0 Å². The number of benzene rings is 1. The van der Waals surface area contributed by atoms with E-state index in [1.165, 1.54) is 0 Å². The number of carboxylic acids is 1. The second-order valence-electron chi connectivity index (χ2n) is 4.50. The number of aliphatic carboxylic acids is 1. The second-order valence-corrected chi connectivity index (χ2v) is 4.50. The molecule has 1 aromatic rings. The molecule has 1 aromatic carbocycles. The van der Waals surface area contributed by atoms with Gasteiger partial charge in [-0.25, -0.2) is 4.79 Å². The van der Waals surface area contributed by atoms with E-state index in [0.29, 0.717) is 19.7 Å². The first-order chi connectivity index (χ1) is 9.58. The smallest absolute Gasteiger partial charge is 0.314 e. The molecule has 0 fully saturated rings. The number of carboxylic acid groups (broad SMARTS) is 1. The number of rotatable bonds is 8. The Morgan fingerprint density at radius 1 is 1.25 bits per heavy atom. The summed E-state index contributed by atoms with van der Waals surface area (Å²) in [4.78, 5) is 21.9. The van der Waals surface area contributed by atoms with Gasteiger partial charge in [-0.15, -0.1) is 0 Å². The molecule has 20 heavy (non-hydrogen) atoms. The summed E-state index contributed by atoms with van der Waals surface area (Å²) in [5.41, 5.74) is 0. The topological polar surface area (TPSA) is 87.7 Å². The number of carbonyl (C=O) groups excluding carboxylic acids is 1. The van der Waals surface area contributed by atoms with Crippen LogP contribution in [0.1, 0.15) is 13.3 Å². The molecule has 0 aliphatic rings. The van der Waals surface area contributed by atoms with Crippen molar-refractivity contribution >= 4 is 12.0 Å². The van der Waals surface area contributed by atoms with Gasteiger partial charge in [-0.3, -0.25) is 4.79 Å². The van der Waals surface area contributed by atoms with Gasteiger partial charge >= 0.3 is 12.0 Å². The van der Waals surface area contributed by atoms with Crippen LogP contribution < -0.4 is 15.4 Å². The molecule has 0 saturated heterocycles. The minimum atomic E-state index is -0.865. The summed E-state index contributed by atoms with van der Waals surface area (Å²) in [6.07, 6.45) is 0.0391. The van der Waals surface area contributed by atoms with Crippen LogP contribution in [0.25, 0.3) is 0 Å². The first kappa shape index (κ1) is 15.8. The first-order valence-corrected chi connectivity index (χ1v) is 6.49. The molecule has 0 saturated carbocycles. The van der Waals surface area contributed by atoms with Crippen LogP contribution >= 0.6 is 0 Å². The van der Waals surface area contributed by atoms with Crippen LogP contribution in [0.5, 0.6) is 5.75 Å². The van der Waals surface area contributed by atoms with E-state index >= 15 is 0 Å². The maximum Gasteiger partial charge on any atom is 0.314 e. The highest BCUT2D eigenvalue weighted by Gasteiger charge is 2.08. The summed E-state index contributed by atoms with van der Waals surface area (Å²) in [7, 11) is 0. The lowest BCUT2D eigenvalue weighted by molar-refractivity contribution is -0.137. The van der Waals surface area contributed by atoms with Gasteiger partial charge in [0.25, 0.3) is 0 Å². The molecule has 1 unspecified atom stereocenters. The Morgan fingerprint density at radius 2 is 1.95 bits per heavy atom. The molecule has 0 aliphatic heterocycles. The van der Waals surface area contributed by atoms with Gasteiger partial charge in [-0.1, -0.05) is 25.1 Å². The lowest BCUT2D eigenvalue weighted by atomic mass is 10.1. The van der Waals surface area contributed by atoms with Crippen molar-refractivity contribution in [3.63, 3.8) is 0 Å². The molecule has 1 atom stereocenters. The molecule has 0 aromatic heterocycles. The SMILES string of the molecule is CC(CNC(=O)NCCOc1ccccc1)CC(=O)O. The number of para-hydroxylation sites is 1. The van der Waals surface area contributed by atoms with E-state index in [-0.39, 0.29) is 18.4 Å². The zero-order chi connectivity index (χ0) is 14.8. The zero-order valence-electron chi connectivity index (χ0n) is 11.5. The molecule has 6 nitrogen and oxygen atoms in total. The molecule has 0 radical (unpaired) electrons. The predicted octanol–water partition coefficient (Wildman–Crippen LogP) is 1.48. The molecule has 0 aliphatic carbocycles.